The molecule has 0 radical (unpaired) electrons. The summed E-state index contributed by atoms with van der Waals surface area (Å²) in [4.78, 5) is 23.0. The van der Waals surface area contributed by atoms with E-state index >= 15 is 0 Å². The highest BCUT2D eigenvalue weighted by atomic mass is 19.1. The summed E-state index contributed by atoms with van der Waals surface area (Å²) in [5.74, 6) is 0.635. The number of fused-ring (bicyclic) bond motifs is 2. The topological polar surface area (TPSA) is 101 Å². The zero-order valence-corrected chi connectivity index (χ0v) is 24.1. The molecule has 3 aromatic heterocycles. The third kappa shape index (κ3) is 5.05. The van der Waals surface area contributed by atoms with Crippen LogP contribution in [0.2, 0.25) is 0 Å². The summed E-state index contributed by atoms with van der Waals surface area (Å²) >= 11 is 0. The van der Waals surface area contributed by atoms with Gasteiger partial charge in [-0.15, -0.1) is 0 Å². The zero-order chi connectivity index (χ0) is 28.8. The molecule has 1 aliphatic heterocycles. The van der Waals surface area contributed by atoms with E-state index in [0.29, 0.717) is 34.9 Å². The number of benzene rings is 2. The second-order valence-electron chi connectivity index (χ2n) is 11.8. The van der Waals surface area contributed by atoms with Crippen molar-refractivity contribution in [2.45, 2.75) is 44.7 Å². The number of nitrogens with two attached hydrogens (primary N) is 1. The number of anilines is 3. The maximum absolute atomic E-state index is 14.1. The molecule has 7 rings (SSSR count). The summed E-state index contributed by atoms with van der Waals surface area (Å²) in [6.07, 6.45) is 10.1. The smallest absolute Gasteiger partial charge is 0.227 e. The molecule has 0 bridgehead atoms. The second kappa shape index (κ2) is 10.9. The van der Waals surface area contributed by atoms with Gasteiger partial charge in [-0.2, -0.15) is 0 Å². The number of nitrogens with one attached hydrogen (secondary N) is 1. The Morgan fingerprint density at radius 2 is 1.67 bits per heavy atom. The number of piperazine rings is 1. The Bertz CT molecular complexity index is 1730. The van der Waals surface area contributed by atoms with Crippen molar-refractivity contribution in [2.75, 3.05) is 44.3 Å². The van der Waals surface area contributed by atoms with E-state index in [1.807, 2.05) is 12.1 Å². The van der Waals surface area contributed by atoms with E-state index in [9.17, 15) is 4.39 Å². The fourth-order valence-electron chi connectivity index (χ4n) is 6.58. The summed E-state index contributed by atoms with van der Waals surface area (Å²) in [7, 11) is 2.21. The molecule has 42 heavy (non-hydrogen) atoms. The first kappa shape index (κ1) is 26.7. The lowest BCUT2D eigenvalue weighted by atomic mass is 9.89. The molecule has 1 aliphatic carbocycles. The number of hydrogen-bond acceptors (Lipinski definition) is 8. The lowest BCUT2D eigenvalue weighted by Crippen LogP contribution is -2.49. The average Bonchev–Trinajstić information content (AvgIpc) is 3.40. The van der Waals surface area contributed by atoms with E-state index < -0.39 is 0 Å². The number of rotatable bonds is 5. The molecule has 3 N–H and O–H groups in total. The molecule has 9 nitrogen and oxygen atoms in total. The molecule has 0 amide bonds. The van der Waals surface area contributed by atoms with Gasteiger partial charge in [-0.3, -0.25) is 4.90 Å². The van der Waals surface area contributed by atoms with Gasteiger partial charge < -0.3 is 20.5 Å². The molecular weight excluding hydrogens is 529 g/mol. The van der Waals surface area contributed by atoms with Crippen molar-refractivity contribution in [1.82, 2.24) is 34.3 Å². The van der Waals surface area contributed by atoms with Gasteiger partial charge in [0.2, 0.25) is 5.95 Å². The van der Waals surface area contributed by atoms with Crippen LogP contribution >= 0.6 is 0 Å². The van der Waals surface area contributed by atoms with Crippen LogP contribution in [0.3, 0.4) is 0 Å². The lowest BCUT2D eigenvalue weighted by molar-refractivity contribution is 0.0828. The molecule has 1 saturated carbocycles. The van der Waals surface area contributed by atoms with E-state index in [0.717, 1.165) is 59.2 Å². The quantitative estimate of drug-likeness (QED) is 0.286. The Hall–Kier alpha value is -4.15. The number of halogens is 1. The zero-order valence-electron chi connectivity index (χ0n) is 24.1. The van der Waals surface area contributed by atoms with Gasteiger partial charge in [-0.1, -0.05) is 12.1 Å². The molecule has 4 heterocycles. The fourth-order valence-corrected chi connectivity index (χ4v) is 6.58. The van der Waals surface area contributed by atoms with Crippen molar-refractivity contribution in [3.8, 4) is 11.1 Å². The Kier molecular flexibility index (Phi) is 6.95. The molecule has 0 spiro atoms. The summed E-state index contributed by atoms with van der Waals surface area (Å²) in [5, 5.41) is 4.94. The first-order valence-corrected chi connectivity index (χ1v) is 14.8. The van der Waals surface area contributed by atoms with Crippen molar-refractivity contribution in [1.29, 1.82) is 0 Å². The number of nitrogens with zero attached hydrogens (tertiary/aromatic N) is 7. The van der Waals surface area contributed by atoms with Crippen LogP contribution in [0.4, 0.5) is 21.8 Å². The molecular formula is C32H36FN9. The maximum Gasteiger partial charge on any atom is 0.227 e. The summed E-state index contributed by atoms with van der Waals surface area (Å²) in [5.41, 5.74) is 11.4. The van der Waals surface area contributed by atoms with Crippen molar-refractivity contribution < 1.29 is 4.39 Å². The van der Waals surface area contributed by atoms with Crippen LogP contribution in [0.15, 0.2) is 55.1 Å². The Morgan fingerprint density at radius 1 is 0.929 bits per heavy atom. The van der Waals surface area contributed by atoms with Crippen molar-refractivity contribution in [3.63, 3.8) is 0 Å². The lowest BCUT2D eigenvalue weighted by Gasteiger charge is -2.41. The van der Waals surface area contributed by atoms with Crippen LogP contribution in [0.1, 0.15) is 37.3 Å². The van der Waals surface area contributed by atoms with Crippen LogP contribution in [-0.4, -0.2) is 73.6 Å². The minimum atomic E-state index is -0.276. The number of hydrogen-bond donors (Lipinski definition) is 2. The van der Waals surface area contributed by atoms with Crippen LogP contribution < -0.4 is 11.1 Å². The normalized spacial score (nSPS) is 20.4. The van der Waals surface area contributed by atoms with Gasteiger partial charge in [-0.25, -0.2) is 24.3 Å². The molecule has 0 atom stereocenters. The Balaban J connectivity index is 1.12. The van der Waals surface area contributed by atoms with Crippen LogP contribution in [0.5, 0.6) is 0 Å². The summed E-state index contributed by atoms with van der Waals surface area (Å²) < 4.78 is 16.4. The molecule has 2 aliphatic rings. The number of nitrogen functional groups attached to an aromatic ring is 1. The van der Waals surface area contributed by atoms with Gasteiger partial charge in [0.25, 0.3) is 0 Å². The van der Waals surface area contributed by atoms with Gasteiger partial charge in [0.15, 0.2) is 0 Å². The maximum atomic E-state index is 14.1. The Morgan fingerprint density at radius 3 is 2.43 bits per heavy atom. The van der Waals surface area contributed by atoms with Crippen molar-refractivity contribution >= 4 is 39.4 Å². The SMILES string of the molecule is Cc1cc2cnc(Nc3ccc(-c4cn([C@H]5CC[C@H](N6CCN(C)CC6)CC5)c5ncnc(N)c45)cc3)nc2cc1F. The van der Waals surface area contributed by atoms with E-state index in [1.54, 1.807) is 25.5 Å². The minimum absolute atomic E-state index is 0.276. The molecule has 5 aromatic rings. The number of aromatic nitrogens is 5. The Labute approximate surface area is 244 Å². The highest BCUT2D eigenvalue weighted by Crippen LogP contribution is 2.39. The molecule has 1 saturated heterocycles. The van der Waals surface area contributed by atoms with E-state index in [-0.39, 0.29) is 5.82 Å². The standard InChI is InChI=1S/C32H36FN9/c1-20-15-22-17-35-32(39-28(22)16-27(20)33)38-23-5-3-21(4-6-23)26-18-42(31-29(26)30(34)36-19-37-31)25-9-7-24(8-10-25)41-13-11-40(2)12-14-41/h3-6,15-19,24-25H,7-14H2,1-2H3,(H2,34,36,37)(H,35,38,39)/t24-,25-. The van der Waals surface area contributed by atoms with Gasteiger partial charge in [0.1, 0.15) is 23.6 Å². The second-order valence-corrected chi connectivity index (χ2v) is 11.8. The first-order chi connectivity index (χ1) is 20.4. The third-order valence-corrected chi connectivity index (χ3v) is 9.06. The molecule has 0 unspecified atom stereocenters. The van der Waals surface area contributed by atoms with Gasteiger partial charge >= 0.3 is 0 Å². The van der Waals surface area contributed by atoms with E-state index in [4.69, 9.17) is 10.7 Å². The highest BCUT2D eigenvalue weighted by molar-refractivity contribution is 6.00. The molecule has 10 heteroatoms. The predicted octanol–water partition coefficient (Wildman–Crippen LogP) is 5.55. The summed E-state index contributed by atoms with van der Waals surface area (Å²) in [6.45, 7) is 6.39. The molecule has 2 fully saturated rings. The number of likely N-dealkylation sites (N-methyl/N-ethyl adjacent to an activating group) is 1. The third-order valence-electron chi connectivity index (χ3n) is 9.06. The van der Waals surface area contributed by atoms with Crippen LogP contribution in [-0.2, 0) is 0 Å². The molecule has 216 valence electrons. The van der Waals surface area contributed by atoms with Crippen LogP contribution in [0, 0.1) is 12.7 Å². The van der Waals surface area contributed by atoms with Crippen LogP contribution in [0.25, 0.3) is 33.1 Å². The first-order valence-electron chi connectivity index (χ1n) is 14.8. The minimum Gasteiger partial charge on any atom is -0.383 e. The largest absolute Gasteiger partial charge is 0.383 e. The van der Waals surface area contributed by atoms with Gasteiger partial charge in [-0.05, 0) is 69.0 Å². The van der Waals surface area contributed by atoms with E-state index in [2.05, 4.69) is 60.0 Å². The van der Waals surface area contributed by atoms with E-state index in [1.165, 1.54) is 32.0 Å². The highest BCUT2D eigenvalue weighted by Gasteiger charge is 2.30. The van der Waals surface area contributed by atoms with Crippen molar-refractivity contribution in [2.24, 2.45) is 0 Å². The average molecular weight is 566 g/mol. The van der Waals surface area contributed by atoms with Crippen molar-refractivity contribution in [3.05, 3.63) is 66.5 Å². The fraction of sp³-hybridized carbons (Fsp3) is 0.375. The molecule has 2 aromatic carbocycles. The monoisotopic (exact) mass is 565 g/mol. The van der Waals surface area contributed by atoms with Gasteiger partial charge in [0.05, 0.1) is 10.9 Å². The number of aryl methyl sites for hydroxylation is 1. The van der Waals surface area contributed by atoms with Gasteiger partial charge in [0, 0.05) is 73.4 Å². The summed E-state index contributed by atoms with van der Waals surface area (Å²) in [6, 6.07) is 12.4. The predicted molar refractivity (Wildman–Crippen MR) is 165 cm³/mol.